The van der Waals surface area contributed by atoms with Crippen molar-refractivity contribution in [2.45, 2.75) is 0 Å². The predicted molar refractivity (Wildman–Crippen MR) is 45.9 cm³/mol. The van der Waals surface area contributed by atoms with Gasteiger partial charge in [0.1, 0.15) is 0 Å². The van der Waals surface area contributed by atoms with Crippen molar-refractivity contribution < 1.29 is 19.8 Å². The van der Waals surface area contributed by atoms with Crippen molar-refractivity contribution in [3.05, 3.63) is 20.3 Å². The molecule has 0 spiro atoms. The fourth-order valence-electron chi connectivity index (χ4n) is 0.691. The second-order valence-electron chi connectivity index (χ2n) is 1.91. The second-order valence-corrected chi connectivity index (χ2v) is 4.11. The van der Waals surface area contributed by atoms with Gasteiger partial charge >= 0.3 is 11.9 Å². The van der Waals surface area contributed by atoms with E-state index in [1.165, 1.54) is 5.38 Å². The van der Waals surface area contributed by atoms with Crippen LogP contribution in [0.4, 0.5) is 0 Å². The lowest BCUT2D eigenvalue weighted by atomic mass is 10.2. The van der Waals surface area contributed by atoms with E-state index in [0.717, 1.165) is 11.3 Å². The summed E-state index contributed by atoms with van der Waals surface area (Å²) >= 11 is 4.00. The maximum atomic E-state index is 10.5. The average molecular weight is 251 g/mol. The maximum Gasteiger partial charge on any atom is 0.338 e. The van der Waals surface area contributed by atoms with Gasteiger partial charge in [0.05, 0.1) is 14.9 Å². The molecule has 4 nitrogen and oxygen atoms in total. The van der Waals surface area contributed by atoms with Crippen molar-refractivity contribution in [1.29, 1.82) is 0 Å². The Morgan fingerprint density at radius 2 is 1.92 bits per heavy atom. The Morgan fingerprint density at radius 3 is 2.25 bits per heavy atom. The van der Waals surface area contributed by atoms with Crippen molar-refractivity contribution in [3.8, 4) is 0 Å². The number of rotatable bonds is 2. The molecular weight excluding hydrogens is 248 g/mol. The summed E-state index contributed by atoms with van der Waals surface area (Å²) in [5, 5.41) is 18.4. The third-order valence-corrected chi connectivity index (χ3v) is 2.91. The summed E-state index contributed by atoms with van der Waals surface area (Å²) < 4.78 is 0.326. The van der Waals surface area contributed by atoms with E-state index in [4.69, 9.17) is 10.2 Å². The van der Waals surface area contributed by atoms with Crippen LogP contribution in [-0.2, 0) is 0 Å². The van der Waals surface area contributed by atoms with Gasteiger partial charge in [0.15, 0.2) is 0 Å². The molecule has 12 heavy (non-hydrogen) atoms. The fourth-order valence-corrected chi connectivity index (χ4v) is 2.11. The summed E-state index contributed by atoms with van der Waals surface area (Å²) in [4.78, 5) is 21.0. The van der Waals surface area contributed by atoms with Gasteiger partial charge in [0.25, 0.3) is 0 Å². The summed E-state index contributed by atoms with van der Waals surface area (Å²) in [5.74, 6) is -2.46. The number of hydrogen-bond acceptors (Lipinski definition) is 3. The molecule has 0 aliphatic heterocycles. The molecule has 0 bridgehead atoms. The van der Waals surface area contributed by atoms with Crippen LogP contribution < -0.4 is 0 Å². The molecule has 0 fully saturated rings. The van der Waals surface area contributed by atoms with E-state index < -0.39 is 11.9 Å². The monoisotopic (exact) mass is 250 g/mol. The summed E-state index contributed by atoms with van der Waals surface area (Å²) in [6.45, 7) is 0. The van der Waals surface area contributed by atoms with Crippen molar-refractivity contribution in [2.75, 3.05) is 0 Å². The normalized spacial score (nSPS) is 9.75. The van der Waals surface area contributed by atoms with Gasteiger partial charge in [0, 0.05) is 5.38 Å². The minimum absolute atomic E-state index is 0.181. The molecule has 0 aromatic carbocycles. The summed E-state index contributed by atoms with van der Waals surface area (Å²) in [5.41, 5.74) is -0.369. The van der Waals surface area contributed by atoms with Gasteiger partial charge in [0.2, 0.25) is 0 Å². The molecule has 1 rings (SSSR count). The lowest BCUT2D eigenvalue weighted by Gasteiger charge is -1.92. The van der Waals surface area contributed by atoms with Crippen LogP contribution in [0.15, 0.2) is 9.17 Å². The molecule has 0 unspecified atom stereocenters. The van der Waals surface area contributed by atoms with E-state index in [2.05, 4.69) is 15.9 Å². The van der Waals surface area contributed by atoms with Crippen LogP contribution in [0.2, 0.25) is 0 Å². The van der Waals surface area contributed by atoms with Gasteiger partial charge in [-0.05, 0) is 15.9 Å². The van der Waals surface area contributed by atoms with Crippen LogP contribution in [0.25, 0.3) is 0 Å². The topological polar surface area (TPSA) is 74.6 Å². The summed E-state index contributed by atoms with van der Waals surface area (Å²) in [6.07, 6.45) is 0. The number of hydrogen-bond donors (Lipinski definition) is 2. The Morgan fingerprint density at radius 1 is 1.33 bits per heavy atom. The number of thiophene rings is 1. The Kier molecular flexibility index (Phi) is 2.49. The highest BCUT2D eigenvalue weighted by molar-refractivity contribution is 9.11. The third-order valence-electron chi connectivity index (χ3n) is 1.19. The summed E-state index contributed by atoms with van der Waals surface area (Å²) in [7, 11) is 0. The molecule has 1 aromatic rings. The molecular formula is C6H3BrO4S. The molecule has 0 saturated heterocycles. The zero-order valence-corrected chi connectivity index (χ0v) is 7.98. The van der Waals surface area contributed by atoms with Gasteiger partial charge in [-0.3, -0.25) is 0 Å². The van der Waals surface area contributed by atoms with E-state index >= 15 is 0 Å². The zero-order valence-electron chi connectivity index (χ0n) is 5.57. The highest BCUT2D eigenvalue weighted by Gasteiger charge is 2.20. The van der Waals surface area contributed by atoms with Gasteiger partial charge in [-0.15, -0.1) is 11.3 Å². The number of carboxylic acid groups (broad SMARTS) is 2. The first-order chi connectivity index (χ1) is 5.54. The van der Waals surface area contributed by atoms with Crippen molar-refractivity contribution in [1.82, 2.24) is 0 Å². The molecule has 1 aromatic heterocycles. The molecule has 0 aliphatic carbocycles. The van der Waals surface area contributed by atoms with Crippen LogP contribution in [0.3, 0.4) is 0 Å². The van der Waals surface area contributed by atoms with Gasteiger partial charge < -0.3 is 10.2 Å². The lowest BCUT2D eigenvalue weighted by molar-refractivity contribution is 0.0652. The molecule has 0 aliphatic rings. The molecule has 1 heterocycles. The van der Waals surface area contributed by atoms with E-state index in [1.807, 2.05) is 0 Å². The van der Waals surface area contributed by atoms with Crippen LogP contribution in [0, 0.1) is 0 Å². The first-order valence-corrected chi connectivity index (χ1v) is 4.45. The second kappa shape index (κ2) is 3.24. The predicted octanol–water partition coefficient (Wildman–Crippen LogP) is 1.91. The molecule has 0 atom stereocenters. The van der Waals surface area contributed by atoms with Crippen LogP contribution >= 0.6 is 27.3 Å². The molecule has 64 valence electrons. The quantitative estimate of drug-likeness (QED) is 0.841. The fraction of sp³-hybridized carbons (Fsp3) is 0. The average Bonchev–Trinajstić information content (AvgIpc) is 2.30. The number of aromatic carboxylic acids is 2. The molecule has 2 N–H and O–H groups in total. The smallest absolute Gasteiger partial charge is 0.338 e. The van der Waals surface area contributed by atoms with Crippen molar-refractivity contribution in [3.63, 3.8) is 0 Å². The molecule has 0 saturated carbocycles. The number of carboxylic acids is 2. The maximum absolute atomic E-state index is 10.5. The SMILES string of the molecule is O=C(O)c1csc(Br)c1C(=O)O. The Labute approximate surface area is 79.6 Å². The van der Waals surface area contributed by atoms with E-state index in [0.29, 0.717) is 3.79 Å². The lowest BCUT2D eigenvalue weighted by Crippen LogP contribution is -2.04. The highest BCUT2D eigenvalue weighted by atomic mass is 79.9. The Bertz CT molecular complexity index is 343. The van der Waals surface area contributed by atoms with Gasteiger partial charge in [-0.25, -0.2) is 9.59 Å². The minimum Gasteiger partial charge on any atom is -0.478 e. The standard InChI is InChI=1S/C6H3BrO4S/c7-4-3(6(10)11)2(1-12-4)5(8)9/h1H,(H,8,9)(H,10,11). The van der Waals surface area contributed by atoms with E-state index in [9.17, 15) is 9.59 Å². The molecule has 0 amide bonds. The van der Waals surface area contributed by atoms with E-state index in [1.54, 1.807) is 0 Å². The minimum atomic E-state index is -1.24. The number of halogens is 1. The summed E-state index contributed by atoms with van der Waals surface area (Å²) in [6, 6.07) is 0. The highest BCUT2D eigenvalue weighted by Crippen LogP contribution is 2.28. The van der Waals surface area contributed by atoms with Crippen molar-refractivity contribution >= 4 is 39.2 Å². The third kappa shape index (κ3) is 1.49. The zero-order chi connectivity index (χ0) is 9.30. The Balaban J connectivity index is 3.31. The first-order valence-electron chi connectivity index (χ1n) is 2.77. The largest absolute Gasteiger partial charge is 0.478 e. The van der Waals surface area contributed by atoms with Gasteiger partial charge in [-0.1, -0.05) is 0 Å². The van der Waals surface area contributed by atoms with Crippen LogP contribution in [0.5, 0.6) is 0 Å². The van der Waals surface area contributed by atoms with Crippen LogP contribution in [0.1, 0.15) is 20.7 Å². The van der Waals surface area contributed by atoms with Crippen molar-refractivity contribution in [2.24, 2.45) is 0 Å². The first kappa shape index (κ1) is 9.21. The Hall–Kier alpha value is -0.880. The van der Waals surface area contributed by atoms with Crippen LogP contribution in [-0.4, -0.2) is 22.2 Å². The van der Waals surface area contributed by atoms with E-state index in [-0.39, 0.29) is 11.1 Å². The molecule has 6 heteroatoms. The van der Waals surface area contributed by atoms with Gasteiger partial charge in [-0.2, -0.15) is 0 Å². The molecule has 0 radical (unpaired) electrons. The number of carbonyl (C=O) groups is 2.